The van der Waals surface area contributed by atoms with Crippen LogP contribution in [0.15, 0.2) is 24.3 Å². The summed E-state index contributed by atoms with van der Waals surface area (Å²) in [5.41, 5.74) is 8.49. The molecular formula is C17H26N2O2. The zero-order valence-corrected chi connectivity index (χ0v) is 13.2. The van der Waals surface area contributed by atoms with Crippen molar-refractivity contribution in [2.24, 2.45) is 11.7 Å². The van der Waals surface area contributed by atoms with Crippen LogP contribution in [0.5, 0.6) is 0 Å². The van der Waals surface area contributed by atoms with E-state index in [-0.39, 0.29) is 6.10 Å². The molecule has 1 aromatic rings. The lowest BCUT2D eigenvalue weighted by Crippen LogP contribution is -2.22. The molecule has 4 heteroatoms. The van der Waals surface area contributed by atoms with E-state index < -0.39 is 5.79 Å². The lowest BCUT2D eigenvalue weighted by Gasteiger charge is -2.25. The van der Waals surface area contributed by atoms with E-state index in [4.69, 9.17) is 15.2 Å². The van der Waals surface area contributed by atoms with Crippen LogP contribution in [0.2, 0.25) is 0 Å². The second kappa shape index (κ2) is 5.69. The molecule has 0 spiro atoms. The Bertz CT molecular complexity index is 503. The molecule has 0 aromatic heterocycles. The molecule has 2 fully saturated rings. The number of rotatable bonds is 3. The quantitative estimate of drug-likeness (QED) is 0.929. The molecule has 0 amide bonds. The molecule has 0 radical (unpaired) electrons. The monoisotopic (exact) mass is 290 g/mol. The topological polar surface area (TPSA) is 47.7 Å². The van der Waals surface area contributed by atoms with Gasteiger partial charge in [0.2, 0.25) is 0 Å². The second-order valence-electron chi connectivity index (χ2n) is 6.74. The number of nitrogens with two attached hydrogens (primary N) is 1. The number of likely N-dealkylation sites (tertiary alicyclic amines) is 1. The highest BCUT2D eigenvalue weighted by atomic mass is 16.7. The Hall–Kier alpha value is -0.940. The highest BCUT2D eigenvalue weighted by Gasteiger charge is 2.37. The first-order chi connectivity index (χ1) is 10.00. The van der Waals surface area contributed by atoms with Crippen LogP contribution in [-0.2, 0) is 9.47 Å². The molecule has 2 saturated heterocycles. The largest absolute Gasteiger partial charge is 0.347 e. The van der Waals surface area contributed by atoms with Crippen molar-refractivity contribution in [3.8, 4) is 0 Å². The molecule has 2 aliphatic heterocycles. The van der Waals surface area contributed by atoms with Gasteiger partial charge in [0.05, 0.1) is 6.61 Å². The molecule has 0 saturated carbocycles. The van der Waals surface area contributed by atoms with Gasteiger partial charge in [-0.2, -0.15) is 0 Å². The first-order valence-corrected chi connectivity index (χ1v) is 7.81. The van der Waals surface area contributed by atoms with Gasteiger partial charge in [-0.3, -0.25) is 4.90 Å². The molecule has 3 atom stereocenters. The molecule has 21 heavy (non-hydrogen) atoms. The minimum absolute atomic E-state index is 0.0292. The number of benzene rings is 1. The van der Waals surface area contributed by atoms with Crippen LogP contribution in [0.1, 0.15) is 43.5 Å². The minimum Gasteiger partial charge on any atom is -0.347 e. The van der Waals surface area contributed by atoms with Crippen LogP contribution < -0.4 is 5.73 Å². The van der Waals surface area contributed by atoms with Crippen molar-refractivity contribution in [1.82, 2.24) is 4.90 Å². The Balaban J connectivity index is 1.87. The molecule has 3 unspecified atom stereocenters. The molecule has 1 aromatic carbocycles. The molecule has 2 heterocycles. The minimum atomic E-state index is -0.487. The summed E-state index contributed by atoms with van der Waals surface area (Å²) >= 11 is 0. The summed E-state index contributed by atoms with van der Waals surface area (Å²) in [4.78, 5) is 2.41. The normalized spacial score (nSPS) is 32.7. The van der Waals surface area contributed by atoms with Gasteiger partial charge in [0.15, 0.2) is 5.79 Å². The summed E-state index contributed by atoms with van der Waals surface area (Å²) in [5, 5.41) is 0. The van der Waals surface area contributed by atoms with Crippen LogP contribution in [0.3, 0.4) is 0 Å². The van der Waals surface area contributed by atoms with E-state index in [0.29, 0.717) is 18.6 Å². The maximum absolute atomic E-state index is 6.06. The Labute approximate surface area is 127 Å². The summed E-state index contributed by atoms with van der Waals surface area (Å²) in [7, 11) is 2.19. The first-order valence-electron chi connectivity index (χ1n) is 7.81. The van der Waals surface area contributed by atoms with Gasteiger partial charge in [-0.25, -0.2) is 0 Å². The summed E-state index contributed by atoms with van der Waals surface area (Å²) in [5.74, 6) is 0.101. The predicted molar refractivity (Wildman–Crippen MR) is 82.8 cm³/mol. The fourth-order valence-corrected chi connectivity index (χ4v) is 3.59. The van der Waals surface area contributed by atoms with E-state index >= 15 is 0 Å². The Morgan fingerprint density at radius 1 is 1.29 bits per heavy atom. The van der Waals surface area contributed by atoms with Crippen LogP contribution in [-0.4, -0.2) is 37.4 Å². The van der Waals surface area contributed by atoms with Crippen molar-refractivity contribution in [3.63, 3.8) is 0 Å². The van der Waals surface area contributed by atoms with Crippen LogP contribution in [0, 0.1) is 5.92 Å². The molecule has 0 aliphatic carbocycles. The Kier molecular flexibility index (Phi) is 4.06. The van der Waals surface area contributed by atoms with Gasteiger partial charge < -0.3 is 15.2 Å². The number of hydrogen-bond donors (Lipinski definition) is 1. The highest BCUT2D eigenvalue weighted by Crippen LogP contribution is 2.40. The van der Waals surface area contributed by atoms with Gasteiger partial charge in [-0.1, -0.05) is 24.3 Å². The van der Waals surface area contributed by atoms with E-state index in [1.54, 1.807) is 0 Å². The molecule has 2 N–H and O–H groups in total. The van der Waals surface area contributed by atoms with Crippen LogP contribution in [0.4, 0.5) is 0 Å². The van der Waals surface area contributed by atoms with Crippen molar-refractivity contribution < 1.29 is 9.47 Å². The van der Waals surface area contributed by atoms with E-state index in [0.717, 1.165) is 19.5 Å². The number of nitrogens with zero attached hydrogens (tertiary/aromatic N) is 1. The van der Waals surface area contributed by atoms with Crippen LogP contribution >= 0.6 is 0 Å². The second-order valence-corrected chi connectivity index (χ2v) is 6.74. The summed E-state index contributed by atoms with van der Waals surface area (Å²) in [6, 6.07) is 9.03. The maximum Gasteiger partial charge on any atom is 0.163 e. The Morgan fingerprint density at radius 3 is 2.57 bits per heavy atom. The fourth-order valence-electron chi connectivity index (χ4n) is 3.59. The third-order valence-corrected chi connectivity index (χ3v) is 4.68. The molecule has 116 valence electrons. The first kappa shape index (κ1) is 15.0. The standard InChI is InChI=1S/C17H26N2O2/c1-17(2)20-11-16(21-17)14-7-5-4-6-13(14)15-8-12(9-18)10-19(15)3/h4-7,12,15-16H,8-11,18H2,1-3H3. The highest BCUT2D eigenvalue weighted by molar-refractivity contribution is 5.33. The third kappa shape index (κ3) is 2.99. The lowest BCUT2D eigenvalue weighted by molar-refractivity contribution is -0.139. The van der Waals surface area contributed by atoms with Gasteiger partial charge in [0.25, 0.3) is 0 Å². The third-order valence-electron chi connectivity index (χ3n) is 4.68. The van der Waals surface area contributed by atoms with Gasteiger partial charge in [-0.15, -0.1) is 0 Å². The molecular weight excluding hydrogens is 264 g/mol. The predicted octanol–water partition coefficient (Wildman–Crippen LogP) is 2.46. The summed E-state index contributed by atoms with van der Waals surface area (Å²) < 4.78 is 11.8. The van der Waals surface area contributed by atoms with Crippen molar-refractivity contribution in [2.45, 2.75) is 38.2 Å². The Morgan fingerprint density at radius 2 is 2.00 bits per heavy atom. The van der Waals surface area contributed by atoms with E-state index in [2.05, 4.69) is 36.2 Å². The van der Waals surface area contributed by atoms with Gasteiger partial charge in [-0.05, 0) is 50.9 Å². The SMILES string of the molecule is CN1CC(CN)CC1c1ccccc1C1COC(C)(C)O1. The van der Waals surface area contributed by atoms with Crippen LogP contribution in [0.25, 0.3) is 0 Å². The molecule has 2 aliphatic rings. The smallest absolute Gasteiger partial charge is 0.163 e. The fraction of sp³-hybridized carbons (Fsp3) is 0.647. The lowest BCUT2D eigenvalue weighted by atomic mass is 9.93. The molecule has 4 nitrogen and oxygen atoms in total. The van der Waals surface area contributed by atoms with Crippen molar-refractivity contribution >= 4 is 0 Å². The van der Waals surface area contributed by atoms with Crippen molar-refractivity contribution in [1.29, 1.82) is 0 Å². The van der Waals surface area contributed by atoms with Gasteiger partial charge in [0.1, 0.15) is 6.10 Å². The van der Waals surface area contributed by atoms with Gasteiger partial charge >= 0.3 is 0 Å². The average Bonchev–Trinajstić information content (AvgIpc) is 3.01. The van der Waals surface area contributed by atoms with Crippen molar-refractivity contribution in [3.05, 3.63) is 35.4 Å². The van der Waals surface area contributed by atoms with Crippen molar-refractivity contribution in [2.75, 3.05) is 26.7 Å². The zero-order chi connectivity index (χ0) is 15.0. The zero-order valence-electron chi connectivity index (χ0n) is 13.2. The summed E-state index contributed by atoms with van der Waals surface area (Å²) in [6.45, 7) is 6.41. The average molecular weight is 290 g/mol. The number of hydrogen-bond acceptors (Lipinski definition) is 4. The summed E-state index contributed by atoms with van der Waals surface area (Å²) in [6.07, 6.45) is 1.16. The number of ether oxygens (including phenoxy) is 2. The molecule has 3 rings (SSSR count). The van der Waals surface area contributed by atoms with E-state index in [1.165, 1.54) is 11.1 Å². The van der Waals surface area contributed by atoms with E-state index in [1.807, 2.05) is 13.8 Å². The van der Waals surface area contributed by atoms with E-state index in [9.17, 15) is 0 Å². The maximum atomic E-state index is 6.06. The molecule has 0 bridgehead atoms. The van der Waals surface area contributed by atoms with Gasteiger partial charge in [0, 0.05) is 12.6 Å².